The van der Waals surface area contributed by atoms with E-state index < -0.39 is 17.1 Å². The van der Waals surface area contributed by atoms with Gasteiger partial charge in [-0.25, -0.2) is 4.98 Å². The average molecular weight is 574 g/mol. The number of hydrogen-bond donors (Lipinski definition) is 2. The van der Waals surface area contributed by atoms with Crippen LogP contribution in [-0.2, 0) is 32.8 Å². The predicted octanol–water partition coefficient (Wildman–Crippen LogP) is 3.63. The summed E-state index contributed by atoms with van der Waals surface area (Å²) in [6, 6.07) is 16.8. The van der Waals surface area contributed by atoms with Gasteiger partial charge in [-0.15, -0.1) is 0 Å². The van der Waals surface area contributed by atoms with Gasteiger partial charge in [0.15, 0.2) is 5.78 Å². The van der Waals surface area contributed by atoms with Crippen molar-refractivity contribution in [1.29, 1.82) is 0 Å². The van der Waals surface area contributed by atoms with Crippen molar-refractivity contribution in [2.75, 3.05) is 20.2 Å². The smallest absolute Gasteiger partial charge is 0.253 e. The Labute approximate surface area is 248 Å². The van der Waals surface area contributed by atoms with E-state index in [0.29, 0.717) is 31.0 Å². The molecule has 1 fully saturated rings. The Morgan fingerprint density at radius 2 is 1.69 bits per heavy atom. The summed E-state index contributed by atoms with van der Waals surface area (Å²) in [7, 11) is 1.61. The first-order valence-electron chi connectivity index (χ1n) is 14.7. The predicted molar refractivity (Wildman–Crippen MR) is 162 cm³/mol. The number of benzene rings is 2. The molecule has 3 aromatic rings. The lowest BCUT2D eigenvalue weighted by molar-refractivity contribution is -0.137. The van der Waals surface area contributed by atoms with Crippen LogP contribution >= 0.6 is 0 Å². The molecule has 0 aliphatic carbocycles. The van der Waals surface area contributed by atoms with E-state index in [1.54, 1.807) is 38.0 Å². The fraction of sp³-hybridized carbons (Fsp3) is 0.455. The zero-order valence-corrected chi connectivity index (χ0v) is 25.1. The number of ketones is 1. The number of hydrogen-bond acceptors (Lipinski definition) is 6. The van der Waals surface area contributed by atoms with Crippen molar-refractivity contribution in [3.8, 4) is 5.75 Å². The Morgan fingerprint density at radius 1 is 1.02 bits per heavy atom. The lowest BCUT2D eigenvalue weighted by Crippen LogP contribution is -2.54. The molecule has 2 heterocycles. The van der Waals surface area contributed by atoms with E-state index in [0.717, 1.165) is 31.2 Å². The van der Waals surface area contributed by atoms with Gasteiger partial charge in [0.1, 0.15) is 11.3 Å². The number of imidazole rings is 1. The quantitative estimate of drug-likeness (QED) is 0.322. The number of aromatic nitrogens is 2. The van der Waals surface area contributed by atoms with Crippen molar-refractivity contribution in [2.45, 2.75) is 76.4 Å². The third-order valence-corrected chi connectivity index (χ3v) is 8.05. The number of amides is 2. The first-order chi connectivity index (χ1) is 20.0. The van der Waals surface area contributed by atoms with Crippen molar-refractivity contribution < 1.29 is 19.1 Å². The van der Waals surface area contributed by atoms with Crippen LogP contribution in [0.4, 0.5) is 0 Å². The molecule has 2 aromatic carbocycles. The molecule has 224 valence electrons. The maximum atomic E-state index is 13.9. The molecule has 2 atom stereocenters. The summed E-state index contributed by atoms with van der Waals surface area (Å²) < 4.78 is 7.13. The number of aryl methyl sites for hydroxylation is 1. The molecule has 1 aliphatic heterocycles. The van der Waals surface area contributed by atoms with Crippen LogP contribution in [0.1, 0.15) is 63.3 Å². The molecule has 42 heavy (non-hydrogen) atoms. The van der Waals surface area contributed by atoms with Crippen LogP contribution in [0.5, 0.6) is 5.75 Å². The second-order valence-electron chi connectivity index (χ2n) is 11.8. The van der Waals surface area contributed by atoms with Crippen LogP contribution < -0.4 is 15.8 Å². The summed E-state index contributed by atoms with van der Waals surface area (Å²) in [5.41, 5.74) is 6.35. The Balaban J connectivity index is 1.55. The molecule has 0 saturated carbocycles. The summed E-state index contributed by atoms with van der Waals surface area (Å²) >= 11 is 0. The largest absolute Gasteiger partial charge is 0.497 e. The molecule has 1 aromatic heterocycles. The fourth-order valence-corrected chi connectivity index (χ4v) is 5.34. The number of nitrogens with zero attached hydrogens (tertiary/aromatic N) is 3. The van der Waals surface area contributed by atoms with Gasteiger partial charge in [0.05, 0.1) is 37.1 Å². The van der Waals surface area contributed by atoms with Crippen LogP contribution in [0.2, 0.25) is 0 Å². The minimum Gasteiger partial charge on any atom is -0.497 e. The zero-order valence-electron chi connectivity index (χ0n) is 25.1. The number of nitrogens with one attached hydrogen (secondary N) is 1. The minimum absolute atomic E-state index is 0.0170. The van der Waals surface area contributed by atoms with E-state index in [9.17, 15) is 14.4 Å². The molecule has 2 amide bonds. The number of rotatable bonds is 13. The summed E-state index contributed by atoms with van der Waals surface area (Å²) in [4.78, 5) is 46.7. The van der Waals surface area contributed by atoms with Crippen LogP contribution in [0.25, 0.3) is 0 Å². The maximum absolute atomic E-state index is 13.9. The van der Waals surface area contributed by atoms with E-state index >= 15 is 0 Å². The Hall–Kier alpha value is -3.98. The molecule has 3 N–H and O–H groups in total. The monoisotopic (exact) mass is 573 g/mol. The van der Waals surface area contributed by atoms with Crippen molar-refractivity contribution in [3.63, 3.8) is 0 Å². The number of likely N-dealkylation sites (tertiary alicyclic amines) is 1. The van der Waals surface area contributed by atoms with Gasteiger partial charge in [-0.2, -0.15) is 0 Å². The van der Waals surface area contributed by atoms with Crippen LogP contribution in [0.15, 0.2) is 67.1 Å². The van der Waals surface area contributed by atoms with Gasteiger partial charge in [0.2, 0.25) is 5.91 Å². The second kappa shape index (κ2) is 13.3. The SMILES string of the molecule is COc1ccc([C@](C)(C(=O)N2CCCC2)n2cnc(CC(=O)[C@H](CCCc3ccccc3)NC(=O)C(C)(C)N)c2)cc1. The number of ether oxygens (including phenoxy) is 1. The van der Waals surface area contributed by atoms with Gasteiger partial charge >= 0.3 is 0 Å². The van der Waals surface area contributed by atoms with Crippen molar-refractivity contribution in [1.82, 2.24) is 19.8 Å². The molecule has 9 nitrogen and oxygen atoms in total. The Kier molecular flexibility index (Phi) is 9.83. The summed E-state index contributed by atoms with van der Waals surface area (Å²) in [5, 5.41) is 2.87. The number of carbonyl (C=O) groups is 3. The molecule has 1 saturated heterocycles. The van der Waals surface area contributed by atoms with E-state index in [1.807, 2.05) is 66.4 Å². The maximum Gasteiger partial charge on any atom is 0.253 e. The fourth-order valence-electron chi connectivity index (χ4n) is 5.34. The van der Waals surface area contributed by atoms with Crippen LogP contribution in [0.3, 0.4) is 0 Å². The van der Waals surface area contributed by atoms with Crippen LogP contribution in [0, 0.1) is 0 Å². The van der Waals surface area contributed by atoms with Gasteiger partial charge < -0.3 is 25.3 Å². The first kappa shape index (κ1) is 31.0. The summed E-state index contributed by atoms with van der Waals surface area (Å²) in [5.74, 6) is 0.154. The standard InChI is InChI=1S/C33H43N5O4/c1-32(2,34)30(40)36-28(14-10-13-24-11-6-5-7-12-24)29(39)21-26-22-38(23-35-26)33(3,31(41)37-19-8-9-20-37)25-15-17-27(42-4)18-16-25/h5-7,11-12,15-18,22-23,28H,8-10,13-14,19-21,34H2,1-4H3,(H,36,40)/t28-,33+/m0/s1. The van der Waals surface area contributed by atoms with Crippen molar-refractivity contribution in [3.05, 3.63) is 83.9 Å². The number of carbonyl (C=O) groups excluding carboxylic acids is 3. The molecular formula is C33H43N5O4. The van der Waals surface area contributed by atoms with Crippen molar-refractivity contribution >= 4 is 17.6 Å². The Morgan fingerprint density at radius 3 is 2.31 bits per heavy atom. The van der Waals surface area contributed by atoms with Gasteiger partial charge in [0.25, 0.3) is 5.91 Å². The van der Waals surface area contributed by atoms with Crippen LogP contribution in [-0.4, -0.2) is 63.8 Å². The summed E-state index contributed by atoms with van der Waals surface area (Å²) in [6.07, 6.45) is 7.35. The highest BCUT2D eigenvalue weighted by Crippen LogP contribution is 2.32. The molecular weight excluding hydrogens is 530 g/mol. The molecule has 9 heteroatoms. The lowest BCUT2D eigenvalue weighted by atomic mass is 9.89. The number of nitrogens with two attached hydrogens (primary N) is 1. The van der Waals surface area contributed by atoms with Gasteiger partial charge in [-0.1, -0.05) is 42.5 Å². The Bertz CT molecular complexity index is 1360. The lowest BCUT2D eigenvalue weighted by Gasteiger charge is -2.34. The number of methoxy groups -OCH3 is 1. The van der Waals surface area contributed by atoms with E-state index in [-0.39, 0.29) is 24.0 Å². The third kappa shape index (κ3) is 7.26. The number of Topliss-reactive ketones (excluding diaryl/α,β-unsaturated/α-hetero) is 1. The molecule has 0 radical (unpaired) electrons. The topological polar surface area (TPSA) is 120 Å². The van der Waals surface area contributed by atoms with Gasteiger partial charge in [-0.3, -0.25) is 14.4 Å². The molecule has 0 spiro atoms. The molecule has 1 aliphatic rings. The van der Waals surface area contributed by atoms with E-state index in [2.05, 4.69) is 10.3 Å². The highest BCUT2D eigenvalue weighted by molar-refractivity contribution is 5.93. The average Bonchev–Trinajstić information content (AvgIpc) is 3.69. The molecule has 0 unspecified atom stereocenters. The third-order valence-electron chi connectivity index (χ3n) is 8.05. The van der Waals surface area contributed by atoms with Gasteiger partial charge in [-0.05, 0) is 76.1 Å². The van der Waals surface area contributed by atoms with E-state index in [4.69, 9.17) is 10.5 Å². The first-order valence-corrected chi connectivity index (χ1v) is 14.7. The van der Waals surface area contributed by atoms with Gasteiger partial charge in [0, 0.05) is 19.3 Å². The summed E-state index contributed by atoms with van der Waals surface area (Å²) in [6.45, 7) is 6.55. The minimum atomic E-state index is -1.12. The highest BCUT2D eigenvalue weighted by Gasteiger charge is 2.41. The molecule has 4 rings (SSSR count). The second-order valence-corrected chi connectivity index (χ2v) is 11.8. The molecule has 0 bridgehead atoms. The normalized spacial score (nSPS) is 15.6. The van der Waals surface area contributed by atoms with Crippen molar-refractivity contribution in [2.24, 2.45) is 5.73 Å². The zero-order chi connectivity index (χ0) is 30.3. The van der Waals surface area contributed by atoms with E-state index in [1.165, 1.54) is 5.56 Å². The highest BCUT2D eigenvalue weighted by atomic mass is 16.5.